The number of hydrogen-bond donors (Lipinski definition) is 7. The summed E-state index contributed by atoms with van der Waals surface area (Å²) in [7, 11) is 0. The van der Waals surface area contributed by atoms with Crippen LogP contribution in [0.4, 0.5) is 0 Å². The third-order valence-corrected chi connectivity index (χ3v) is 4.16. The Kier molecular flexibility index (Phi) is 11.6. The molecular weight excluding hydrogens is 380 g/mol. The molecule has 5 atom stereocenters. The topological polar surface area (TPSA) is 191 Å². The van der Waals surface area contributed by atoms with Gasteiger partial charge in [-0.2, -0.15) is 11.8 Å². The fourth-order valence-electron chi connectivity index (χ4n) is 1.93. The summed E-state index contributed by atoms with van der Waals surface area (Å²) in [6.07, 6.45) is -0.350. The Bertz CT molecular complexity index is 530. The van der Waals surface area contributed by atoms with E-state index in [1.165, 1.54) is 25.6 Å². The predicted octanol–water partition coefficient (Wildman–Crippen LogP) is -3.00. The van der Waals surface area contributed by atoms with Crippen LogP contribution in [0.1, 0.15) is 20.3 Å². The summed E-state index contributed by atoms with van der Waals surface area (Å²) in [5.74, 6) is -3.10. The molecule has 0 saturated carbocycles. The van der Waals surface area contributed by atoms with E-state index < -0.39 is 60.6 Å². The summed E-state index contributed by atoms with van der Waals surface area (Å²) in [4.78, 5) is 46.8. The number of nitrogens with one attached hydrogen (secondary N) is 3. The molecule has 0 spiro atoms. The Labute approximate surface area is 161 Å². The van der Waals surface area contributed by atoms with Gasteiger partial charge in [0.2, 0.25) is 17.7 Å². The molecule has 0 aliphatic rings. The smallest absolute Gasteiger partial charge is 0.328 e. The molecule has 12 heteroatoms. The molecule has 0 saturated heterocycles. The molecule has 8 N–H and O–H groups in total. The molecule has 0 bridgehead atoms. The van der Waals surface area contributed by atoms with Gasteiger partial charge in [0.05, 0.1) is 24.8 Å². The van der Waals surface area contributed by atoms with Gasteiger partial charge >= 0.3 is 5.97 Å². The zero-order valence-corrected chi connectivity index (χ0v) is 16.3. The molecule has 0 aromatic heterocycles. The Balaban J connectivity index is 4.70. The van der Waals surface area contributed by atoms with E-state index in [4.69, 9.17) is 10.8 Å². The number of thioether (sulfide) groups is 1. The Morgan fingerprint density at radius 3 is 2.00 bits per heavy atom. The number of carbonyl (C=O) groups excluding carboxylic acids is 3. The van der Waals surface area contributed by atoms with Crippen LogP contribution in [-0.2, 0) is 19.2 Å². The molecule has 0 rings (SSSR count). The molecule has 156 valence electrons. The van der Waals surface area contributed by atoms with Crippen LogP contribution in [0, 0.1) is 0 Å². The normalized spacial score (nSPS) is 16.4. The van der Waals surface area contributed by atoms with E-state index in [1.807, 2.05) is 11.6 Å². The summed E-state index contributed by atoms with van der Waals surface area (Å²) >= 11 is 1.51. The minimum atomic E-state index is -1.53. The minimum absolute atomic E-state index is 0.388. The van der Waals surface area contributed by atoms with E-state index in [1.54, 1.807) is 0 Å². The third-order valence-electron chi connectivity index (χ3n) is 3.52. The lowest BCUT2D eigenvalue weighted by Crippen LogP contribution is -2.57. The largest absolute Gasteiger partial charge is 0.480 e. The molecule has 0 fully saturated rings. The van der Waals surface area contributed by atoms with Gasteiger partial charge < -0.3 is 37.0 Å². The predicted molar refractivity (Wildman–Crippen MR) is 98.8 cm³/mol. The van der Waals surface area contributed by atoms with Crippen LogP contribution in [0.5, 0.6) is 0 Å². The van der Waals surface area contributed by atoms with Gasteiger partial charge in [-0.15, -0.1) is 0 Å². The van der Waals surface area contributed by atoms with Crippen LogP contribution >= 0.6 is 11.8 Å². The van der Waals surface area contributed by atoms with E-state index in [2.05, 4.69) is 10.6 Å². The lowest BCUT2D eigenvalue weighted by molar-refractivity contribution is -0.144. The molecule has 3 amide bonds. The molecule has 0 aliphatic carbocycles. The van der Waals surface area contributed by atoms with Gasteiger partial charge in [0.1, 0.15) is 6.04 Å². The number of carbonyl (C=O) groups is 4. The molecule has 0 aliphatic heterocycles. The summed E-state index contributed by atoms with van der Waals surface area (Å²) in [6.45, 7) is 1.87. The van der Waals surface area contributed by atoms with Crippen molar-refractivity contribution in [2.75, 3.05) is 18.6 Å². The SMILES string of the molecule is CSCCC(N)C(=O)NC(C(=O)NCC(=O)NC(C(=O)O)C(C)O)C(C)O. The molecule has 27 heavy (non-hydrogen) atoms. The first-order chi connectivity index (χ1) is 12.5. The van der Waals surface area contributed by atoms with Gasteiger partial charge in [0.25, 0.3) is 0 Å². The number of carboxylic acid groups (broad SMARTS) is 1. The second kappa shape index (κ2) is 12.5. The number of aliphatic hydroxyl groups is 2. The maximum absolute atomic E-state index is 12.1. The van der Waals surface area contributed by atoms with Gasteiger partial charge in [-0.25, -0.2) is 4.79 Å². The maximum atomic E-state index is 12.1. The van der Waals surface area contributed by atoms with Crippen LogP contribution in [0.2, 0.25) is 0 Å². The third kappa shape index (κ3) is 9.56. The van der Waals surface area contributed by atoms with Crippen LogP contribution in [0.25, 0.3) is 0 Å². The van der Waals surface area contributed by atoms with Crippen LogP contribution in [-0.4, -0.2) is 87.9 Å². The lowest BCUT2D eigenvalue weighted by atomic mass is 10.1. The summed E-state index contributed by atoms with van der Waals surface area (Å²) in [5.41, 5.74) is 5.70. The first-order valence-electron chi connectivity index (χ1n) is 8.22. The molecule has 0 heterocycles. The van der Waals surface area contributed by atoms with E-state index in [0.29, 0.717) is 12.2 Å². The highest BCUT2D eigenvalue weighted by Crippen LogP contribution is 2.01. The fraction of sp³-hybridized carbons (Fsp3) is 0.733. The van der Waals surface area contributed by atoms with E-state index >= 15 is 0 Å². The number of aliphatic carboxylic acids is 1. The van der Waals surface area contributed by atoms with Crippen molar-refractivity contribution in [1.82, 2.24) is 16.0 Å². The highest BCUT2D eigenvalue weighted by atomic mass is 32.2. The second-order valence-electron chi connectivity index (χ2n) is 5.96. The Morgan fingerprint density at radius 2 is 1.56 bits per heavy atom. The van der Waals surface area contributed by atoms with Crippen LogP contribution in [0.15, 0.2) is 0 Å². The molecular formula is C15H28N4O7S. The van der Waals surface area contributed by atoms with Crippen molar-refractivity contribution in [2.24, 2.45) is 5.73 Å². The molecule has 5 unspecified atom stereocenters. The highest BCUT2D eigenvalue weighted by Gasteiger charge is 2.29. The molecule has 0 aromatic carbocycles. The average Bonchev–Trinajstić information content (AvgIpc) is 2.58. The summed E-state index contributed by atoms with van der Waals surface area (Å²) < 4.78 is 0. The number of amides is 3. The van der Waals surface area contributed by atoms with Crippen molar-refractivity contribution in [3.8, 4) is 0 Å². The molecule has 0 radical (unpaired) electrons. The van der Waals surface area contributed by atoms with Crippen LogP contribution in [0.3, 0.4) is 0 Å². The standard InChI is InChI=1S/C15H28N4O7S/c1-7(20)11(19-13(23)9(16)4-5-27-3)14(24)17-6-10(22)18-12(8(2)21)15(25)26/h7-9,11-12,20-21H,4-6,16H2,1-3H3,(H,17,24)(H,18,22)(H,19,23)(H,25,26). The lowest BCUT2D eigenvalue weighted by Gasteiger charge is -2.23. The summed E-state index contributed by atoms with van der Waals surface area (Å²) in [6, 6.07) is -3.72. The number of hydrogen-bond acceptors (Lipinski definition) is 8. The van der Waals surface area contributed by atoms with Crippen LogP contribution < -0.4 is 21.7 Å². The van der Waals surface area contributed by atoms with E-state index in [9.17, 15) is 29.4 Å². The van der Waals surface area contributed by atoms with E-state index in [0.717, 1.165) is 0 Å². The monoisotopic (exact) mass is 408 g/mol. The number of aliphatic hydroxyl groups excluding tert-OH is 2. The average molecular weight is 408 g/mol. The Morgan fingerprint density at radius 1 is 1.00 bits per heavy atom. The Hall–Kier alpha value is -1.89. The number of rotatable bonds is 12. The van der Waals surface area contributed by atoms with Gasteiger partial charge in [-0.3, -0.25) is 14.4 Å². The summed E-state index contributed by atoms with van der Waals surface area (Å²) in [5, 5.41) is 34.5. The first-order valence-corrected chi connectivity index (χ1v) is 9.61. The van der Waals surface area contributed by atoms with Crippen molar-refractivity contribution >= 4 is 35.5 Å². The maximum Gasteiger partial charge on any atom is 0.328 e. The van der Waals surface area contributed by atoms with Gasteiger partial charge in [-0.05, 0) is 32.3 Å². The van der Waals surface area contributed by atoms with Crippen molar-refractivity contribution in [3.63, 3.8) is 0 Å². The quantitative estimate of drug-likeness (QED) is 0.176. The van der Waals surface area contributed by atoms with Crippen molar-refractivity contribution in [3.05, 3.63) is 0 Å². The van der Waals surface area contributed by atoms with Crippen molar-refractivity contribution in [2.45, 2.75) is 50.6 Å². The minimum Gasteiger partial charge on any atom is -0.480 e. The fourth-order valence-corrected chi connectivity index (χ4v) is 2.42. The first kappa shape index (κ1) is 25.1. The van der Waals surface area contributed by atoms with Crippen molar-refractivity contribution in [1.29, 1.82) is 0 Å². The number of carboxylic acids is 1. The van der Waals surface area contributed by atoms with Gasteiger partial charge in [0.15, 0.2) is 6.04 Å². The second-order valence-corrected chi connectivity index (χ2v) is 6.94. The molecule has 0 aromatic rings. The zero-order chi connectivity index (χ0) is 21.1. The molecule has 11 nitrogen and oxygen atoms in total. The van der Waals surface area contributed by atoms with Crippen molar-refractivity contribution < 1.29 is 34.5 Å². The number of nitrogens with two attached hydrogens (primary N) is 1. The van der Waals surface area contributed by atoms with Gasteiger partial charge in [0, 0.05) is 0 Å². The highest BCUT2D eigenvalue weighted by molar-refractivity contribution is 7.98. The van der Waals surface area contributed by atoms with Gasteiger partial charge in [-0.1, -0.05) is 0 Å². The zero-order valence-electron chi connectivity index (χ0n) is 15.5. The van der Waals surface area contributed by atoms with E-state index in [-0.39, 0.29) is 0 Å².